The topological polar surface area (TPSA) is 84.9 Å². The molecule has 23 heavy (non-hydrogen) atoms. The molecule has 6 nitrogen and oxygen atoms in total. The third kappa shape index (κ3) is 6.38. The van der Waals surface area contributed by atoms with Crippen molar-refractivity contribution in [1.82, 2.24) is 5.32 Å². The second-order valence-corrected chi connectivity index (χ2v) is 5.56. The van der Waals surface area contributed by atoms with Crippen LogP contribution in [0.25, 0.3) is 0 Å². The maximum Gasteiger partial charge on any atom is 0.305 e. The summed E-state index contributed by atoms with van der Waals surface area (Å²) < 4.78 is 10.9. The highest BCUT2D eigenvalue weighted by Gasteiger charge is 2.19. The van der Waals surface area contributed by atoms with Crippen LogP contribution in [0.2, 0.25) is 0 Å². The molecule has 6 heteroatoms. The van der Waals surface area contributed by atoms with Crippen LogP contribution in [0, 0.1) is 0 Å². The van der Waals surface area contributed by atoms with Gasteiger partial charge in [-0.2, -0.15) is 0 Å². The zero-order valence-corrected chi connectivity index (χ0v) is 13.1. The Morgan fingerprint density at radius 1 is 1.26 bits per heavy atom. The summed E-state index contributed by atoms with van der Waals surface area (Å²) in [7, 11) is 0. The molecule has 0 radical (unpaired) electrons. The fourth-order valence-electron chi connectivity index (χ4n) is 2.54. The summed E-state index contributed by atoms with van der Waals surface area (Å²) in [6, 6.07) is 8.60. The van der Waals surface area contributed by atoms with Crippen molar-refractivity contribution in [2.45, 2.75) is 37.8 Å². The van der Waals surface area contributed by atoms with Crippen molar-refractivity contribution in [3.63, 3.8) is 0 Å². The Kier molecular flexibility index (Phi) is 7.03. The fraction of sp³-hybridized carbons (Fsp3) is 0.529. The summed E-state index contributed by atoms with van der Waals surface area (Å²) >= 11 is 0. The largest absolute Gasteiger partial charge is 0.481 e. The van der Waals surface area contributed by atoms with Gasteiger partial charge in [-0.1, -0.05) is 30.3 Å². The summed E-state index contributed by atoms with van der Waals surface area (Å²) in [6.45, 7) is 1.74. The van der Waals surface area contributed by atoms with Crippen molar-refractivity contribution >= 4 is 11.9 Å². The molecule has 1 fully saturated rings. The smallest absolute Gasteiger partial charge is 0.305 e. The maximum atomic E-state index is 12.0. The van der Waals surface area contributed by atoms with Crippen LogP contribution in [0.15, 0.2) is 30.3 Å². The van der Waals surface area contributed by atoms with Crippen molar-refractivity contribution in [2.75, 3.05) is 19.8 Å². The van der Waals surface area contributed by atoms with Crippen LogP contribution < -0.4 is 5.32 Å². The Morgan fingerprint density at radius 2 is 1.96 bits per heavy atom. The molecular weight excluding hydrogens is 298 g/mol. The van der Waals surface area contributed by atoms with Gasteiger partial charge in [0.1, 0.15) is 0 Å². The highest BCUT2D eigenvalue weighted by molar-refractivity contribution is 5.77. The molecule has 0 aromatic heterocycles. The van der Waals surface area contributed by atoms with Gasteiger partial charge in [0, 0.05) is 19.6 Å². The minimum absolute atomic E-state index is 0.142. The molecule has 1 aromatic rings. The molecule has 2 rings (SSSR count). The average molecular weight is 321 g/mol. The van der Waals surface area contributed by atoms with Gasteiger partial charge in [-0.25, -0.2) is 0 Å². The van der Waals surface area contributed by atoms with Crippen LogP contribution in [-0.2, 0) is 19.1 Å². The number of carbonyl (C=O) groups excluding carboxylic acids is 1. The van der Waals surface area contributed by atoms with E-state index < -0.39 is 12.0 Å². The molecule has 1 saturated heterocycles. The molecule has 1 aromatic carbocycles. The van der Waals surface area contributed by atoms with Crippen LogP contribution in [0.5, 0.6) is 0 Å². The third-order valence-electron chi connectivity index (χ3n) is 3.77. The Hall–Kier alpha value is -1.92. The van der Waals surface area contributed by atoms with E-state index in [1.807, 2.05) is 30.3 Å². The zero-order chi connectivity index (χ0) is 16.5. The van der Waals surface area contributed by atoms with Gasteiger partial charge in [-0.15, -0.1) is 0 Å². The Bertz CT molecular complexity index is 499. The Morgan fingerprint density at radius 3 is 2.61 bits per heavy atom. The fourth-order valence-corrected chi connectivity index (χ4v) is 2.54. The number of carbonyl (C=O) groups is 2. The number of nitrogens with one attached hydrogen (secondary N) is 1. The van der Waals surface area contributed by atoms with Crippen molar-refractivity contribution in [3.8, 4) is 0 Å². The van der Waals surface area contributed by atoms with Gasteiger partial charge in [0.05, 0.1) is 25.2 Å². The quantitative estimate of drug-likeness (QED) is 0.764. The second-order valence-electron chi connectivity index (χ2n) is 5.56. The van der Waals surface area contributed by atoms with E-state index in [0.29, 0.717) is 19.8 Å². The summed E-state index contributed by atoms with van der Waals surface area (Å²) in [6.07, 6.45) is 1.94. The van der Waals surface area contributed by atoms with Gasteiger partial charge in [-0.3, -0.25) is 9.59 Å². The van der Waals surface area contributed by atoms with Gasteiger partial charge < -0.3 is 19.9 Å². The van der Waals surface area contributed by atoms with Gasteiger partial charge in [0.25, 0.3) is 0 Å². The molecule has 0 bridgehead atoms. The number of benzene rings is 1. The SMILES string of the molecule is O=C(O)CC(NC(=O)CCOC1CCOCC1)c1ccccc1. The molecule has 0 aliphatic carbocycles. The molecule has 1 unspecified atom stereocenters. The summed E-state index contributed by atoms with van der Waals surface area (Å²) in [4.78, 5) is 23.0. The van der Waals surface area contributed by atoms with Crippen LogP contribution in [-0.4, -0.2) is 42.9 Å². The summed E-state index contributed by atoms with van der Waals surface area (Å²) in [5.74, 6) is -1.15. The first-order valence-electron chi connectivity index (χ1n) is 7.90. The van der Waals surface area contributed by atoms with E-state index in [9.17, 15) is 9.59 Å². The zero-order valence-electron chi connectivity index (χ0n) is 13.1. The Balaban J connectivity index is 1.79. The number of carboxylic acids is 1. The molecule has 1 atom stereocenters. The van der Waals surface area contributed by atoms with Gasteiger partial charge in [0.15, 0.2) is 0 Å². The number of rotatable bonds is 8. The third-order valence-corrected chi connectivity index (χ3v) is 3.77. The summed E-state index contributed by atoms with van der Waals surface area (Å²) in [5, 5.41) is 11.8. The molecular formula is C17H23NO5. The molecule has 0 saturated carbocycles. The Labute approximate surface area is 135 Å². The highest BCUT2D eigenvalue weighted by atomic mass is 16.5. The molecule has 1 aliphatic heterocycles. The van der Waals surface area contributed by atoms with E-state index in [1.165, 1.54) is 0 Å². The minimum atomic E-state index is -0.947. The number of carboxylic acid groups (broad SMARTS) is 1. The maximum absolute atomic E-state index is 12.0. The van der Waals surface area contributed by atoms with E-state index in [-0.39, 0.29) is 24.9 Å². The molecule has 1 aliphatic rings. The van der Waals surface area contributed by atoms with Crippen molar-refractivity contribution in [1.29, 1.82) is 0 Å². The van der Waals surface area contributed by atoms with Crippen molar-refractivity contribution < 1.29 is 24.2 Å². The predicted octanol–water partition coefficient (Wildman–Crippen LogP) is 1.90. The monoisotopic (exact) mass is 321 g/mol. The number of aliphatic carboxylic acids is 1. The lowest BCUT2D eigenvalue weighted by molar-refractivity contribution is -0.137. The van der Waals surface area contributed by atoms with E-state index in [1.54, 1.807) is 0 Å². The lowest BCUT2D eigenvalue weighted by Gasteiger charge is -2.22. The van der Waals surface area contributed by atoms with E-state index in [2.05, 4.69) is 5.32 Å². The van der Waals surface area contributed by atoms with E-state index in [0.717, 1.165) is 18.4 Å². The first-order valence-corrected chi connectivity index (χ1v) is 7.90. The van der Waals surface area contributed by atoms with Gasteiger partial charge in [0.2, 0.25) is 5.91 Å². The second kappa shape index (κ2) is 9.27. The first-order chi connectivity index (χ1) is 11.1. The minimum Gasteiger partial charge on any atom is -0.481 e. The van der Waals surface area contributed by atoms with Crippen molar-refractivity contribution in [3.05, 3.63) is 35.9 Å². The lowest BCUT2D eigenvalue weighted by Crippen LogP contribution is -2.31. The van der Waals surface area contributed by atoms with E-state index in [4.69, 9.17) is 14.6 Å². The highest BCUT2D eigenvalue weighted by Crippen LogP contribution is 2.17. The molecule has 126 valence electrons. The number of ether oxygens (including phenoxy) is 2. The number of hydrogen-bond acceptors (Lipinski definition) is 4. The summed E-state index contributed by atoms with van der Waals surface area (Å²) in [5.41, 5.74) is 0.786. The lowest BCUT2D eigenvalue weighted by atomic mass is 10.0. The van der Waals surface area contributed by atoms with Crippen LogP contribution in [0.4, 0.5) is 0 Å². The number of amides is 1. The molecule has 0 spiro atoms. The van der Waals surface area contributed by atoms with Crippen LogP contribution >= 0.6 is 0 Å². The van der Waals surface area contributed by atoms with Crippen LogP contribution in [0.1, 0.15) is 37.3 Å². The van der Waals surface area contributed by atoms with E-state index >= 15 is 0 Å². The predicted molar refractivity (Wildman–Crippen MR) is 84.0 cm³/mol. The molecule has 1 heterocycles. The van der Waals surface area contributed by atoms with Gasteiger partial charge in [-0.05, 0) is 18.4 Å². The standard InChI is InChI=1S/C17H23NO5/c19-16(8-11-23-14-6-9-22-10-7-14)18-15(12-17(20)21)13-4-2-1-3-5-13/h1-5,14-15H,6-12H2,(H,18,19)(H,20,21). The van der Waals surface area contributed by atoms with Gasteiger partial charge >= 0.3 is 5.97 Å². The number of hydrogen-bond donors (Lipinski definition) is 2. The first kappa shape index (κ1) is 17.4. The average Bonchev–Trinajstić information content (AvgIpc) is 2.56. The van der Waals surface area contributed by atoms with Crippen molar-refractivity contribution in [2.24, 2.45) is 0 Å². The van der Waals surface area contributed by atoms with Crippen LogP contribution in [0.3, 0.4) is 0 Å². The normalized spacial score (nSPS) is 16.7. The molecule has 2 N–H and O–H groups in total. The molecule has 1 amide bonds.